The van der Waals surface area contributed by atoms with Gasteiger partial charge in [-0.3, -0.25) is 0 Å². The number of hydrogen-bond donors (Lipinski definition) is 3. The number of hydrogen-bond acceptors (Lipinski definition) is 3. The van der Waals surface area contributed by atoms with Gasteiger partial charge in [0.05, 0.1) is 12.5 Å². The second-order valence-electron chi connectivity index (χ2n) is 4.88. The third-order valence-corrected chi connectivity index (χ3v) is 3.05. The first-order chi connectivity index (χ1) is 13.7. The van der Waals surface area contributed by atoms with Crippen LogP contribution in [0.5, 0.6) is 5.75 Å². The Kier molecular flexibility index (Phi) is 16.4. The van der Waals surface area contributed by atoms with Gasteiger partial charge in [-0.05, 0) is 37.3 Å². The number of allylic oxidation sites excluding steroid dienone is 4. The Labute approximate surface area is 183 Å². The number of alkyl halides is 1. The fraction of sp³-hybridized carbons (Fsp3) is 0.333. The van der Waals surface area contributed by atoms with Crippen LogP contribution in [0.2, 0.25) is 0 Å². The Morgan fingerprint density at radius 1 is 1.21 bits per heavy atom. The van der Waals surface area contributed by atoms with Crippen molar-refractivity contribution < 1.29 is 19.4 Å². The number of ether oxygens (including phenoxy) is 1. The predicted molar refractivity (Wildman–Crippen MR) is 122 cm³/mol. The number of carboxylic acids is 1. The Morgan fingerprint density at radius 2 is 1.79 bits per heavy atom. The molecule has 0 aliphatic rings. The molecule has 0 heterocycles. The summed E-state index contributed by atoms with van der Waals surface area (Å²) in [5.74, 6) is -0.991. The molecule has 0 bridgehead atoms. The highest BCUT2D eigenvalue weighted by Crippen LogP contribution is 2.23. The highest BCUT2D eigenvalue weighted by Gasteiger charge is 2.12. The molecule has 2 amide bonds. The second kappa shape index (κ2) is 16.5. The molecule has 3 N–H and O–H groups in total. The molecule has 6 nitrogen and oxygen atoms in total. The summed E-state index contributed by atoms with van der Waals surface area (Å²) < 4.78 is 5.01. The Balaban J connectivity index is 0. The number of carbonyl (C=O) groups excluding carboxylic acids is 1. The maximum atomic E-state index is 12.1. The average molecular weight is 445 g/mol. The number of carbonyl (C=O) groups is 2. The van der Waals surface area contributed by atoms with Crippen LogP contribution in [-0.4, -0.2) is 29.6 Å². The molecule has 8 heteroatoms. The first kappa shape index (κ1) is 28.8. The van der Waals surface area contributed by atoms with Gasteiger partial charge in [-0.25, -0.2) is 9.59 Å². The largest absolute Gasteiger partial charge is 0.496 e. The van der Waals surface area contributed by atoms with Crippen LogP contribution in [0.4, 0.5) is 10.5 Å². The van der Waals surface area contributed by atoms with E-state index in [2.05, 4.69) is 17.2 Å². The van der Waals surface area contributed by atoms with Crippen molar-refractivity contribution >= 4 is 40.9 Å². The summed E-state index contributed by atoms with van der Waals surface area (Å²) >= 11 is 11.6. The summed E-state index contributed by atoms with van der Waals surface area (Å²) in [6.07, 6.45) is 4.69. The van der Waals surface area contributed by atoms with Gasteiger partial charge in [-0.15, -0.1) is 11.6 Å². The zero-order chi connectivity index (χ0) is 23.0. The van der Waals surface area contributed by atoms with Crippen LogP contribution in [0.3, 0.4) is 0 Å². The van der Waals surface area contributed by atoms with Crippen molar-refractivity contribution in [2.24, 2.45) is 0 Å². The zero-order valence-corrected chi connectivity index (χ0v) is 19.2. The molecule has 0 aliphatic carbocycles. The van der Waals surface area contributed by atoms with E-state index in [1.165, 1.54) is 31.4 Å². The molecule has 0 aliphatic heterocycles. The number of benzene rings is 1. The minimum Gasteiger partial charge on any atom is -0.496 e. The van der Waals surface area contributed by atoms with Gasteiger partial charge in [0.1, 0.15) is 11.3 Å². The lowest BCUT2D eigenvalue weighted by Crippen LogP contribution is -2.28. The van der Waals surface area contributed by atoms with E-state index in [0.29, 0.717) is 16.4 Å². The lowest BCUT2D eigenvalue weighted by molar-refractivity contribution is 0.0693. The minimum absolute atomic E-state index is 0.00596. The zero-order valence-electron chi connectivity index (χ0n) is 17.7. The topological polar surface area (TPSA) is 87.7 Å². The number of halogens is 2. The fourth-order valence-electron chi connectivity index (χ4n) is 1.81. The summed E-state index contributed by atoms with van der Waals surface area (Å²) in [5, 5.41) is 14.2. The Bertz CT molecular complexity index is 729. The van der Waals surface area contributed by atoms with Crippen molar-refractivity contribution in [3.63, 3.8) is 0 Å². The maximum absolute atomic E-state index is 12.1. The van der Waals surface area contributed by atoms with Crippen molar-refractivity contribution in [3.8, 4) is 5.75 Å². The number of rotatable bonds is 7. The second-order valence-corrected chi connectivity index (χ2v) is 6.05. The molecule has 1 rings (SSSR count). The molecular weight excluding hydrogens is 415 g/mol. The minimum atomic E-state index is -1.12. The number of aromatic carboxylic acids is 1. The van der Waals surface area contributed by atoms with E-state index >= 15 is 0 Å². The first-order valence-corrected chi connectivity index (χ1v) is 9.92. The van der Waals surface area contributed by atoms with Gasteiger partial charge in [0, 0.05) is 22.5 Å². The lowest BCUT2D eigenvalue weighted by atomic mass is 10.2. The summed E-state index contributed by atoms with van der Waals surface area (Å²) in [6, 6.07) is 3.66. The van der Waals surface area contributed by atoms with Gasteiger partial charge in [0.2, 0.25) is 0 Å². The van der Waals surface area contributed by atoms with Crippen molar-refractivity contribution in [1.29, 1.82) is 0 Å². The molecule has 1 atom stereocenters. The molecule has 0 spiro atoms. The van der Waals surface area contributed by atoms with E-state index in [4.69, 9.17) is 33.0 Å². The lowest BCUT2D eigenvalue weighted by Gasteiger charge is -2.11. The predicted octanol–water partition coefficient (Wildman–Crippen LogP) is 6.39. The standard InChI is InChI=1S/C17H18Cl2N2O4.2C2H6/c1-10(18)4-5-12(8-11(2)19)20-17(24)21-13-6-7-14(16(22)23)15(9-13)25-3;2*1-2/h4-9,11H,1H2,2-3H3,(H,22,23)(H2,20,21,24);2*1-2H3/b5-4-,12-8+;;. The van der Waals surface area contributed by atoms with Crippen molar-refractivity contribution in [3.05, 3.63) is 59.3 Å². The molecule has 1 unspecified atom stereocenters. The van der Waals surface area contributed by atoms with Gasteiger partial charge in [0.15, 0.2) is 0 Å². The van der Waals surface area contributed by atoms with Crippen molar-refractivity contribution in [2.45, 2.75) is 40.0 Å². The van der Waals surface area contributed by atoms with Crippen LogP contribution >= 0.6 is 23.2 Å². The normalized spacial score (nSPS) is 11.2. The number of anilines is 1. The van der Waals surface area contributed by atoms with Gasteiger partial charge >= 0.3 is 12.0 Å². The maximum Gasteiger partial charge on any atom is 0.339 e. The van der Waals surface area contributed by atoms with E-state index in [0.717, 1.165) is 0 Å². The van der Waals surface area contributed by atoms with Crippen molar-refractivity contribution in [1.82, 2.24) is 5.32 Å². The van der Waals surface area contributed by atoms with Crippen LogP contribution in [0.15, 0.2) is 53.7 Å². The van der Waals surface area contributed by atoms with Gasteiger partial charge in [0.25, 0.3) is 0 Å². The quantitative estimate of drug-likeness (QED) is 0.335. The van der Waals surface area contributed by atoms with Crippen molar-refractivity contribution in [2.75, 3.05) is 12.4 Å². The highest BCUT2D eigenvalue weighted by molar-refractivity contribution is 6.30. The van der Waals surface area contributed by atoms with Crippen LogP contribution in [0.25, 0.3) is 0 Å². The van der Waals surface area contributed by atoms with E-state index in [-0.39, 0.29) is 16.7 Å². The molecule has 29 heavy (non-hydrogen) atoms. The molecule has 0 fully saturated rings. The van der Waals surface area contributed by atoms with Gasteiger partial charge in [-0.2, -0.15) is 0 Å². The molecule has 0 saturated heterocycles. The van der Waals surface area contributed by atoms with Crippen LogP contribution < -0.4 is 15.4 Å². The molecule has 0 saturated carbocycles. The van der Waals surface area contributed by atoms with Crippen LogP contribution in [0, 0.1) is 0 Å². The SMILES string of the molecule is C=C(Cl)/C=C\C(=C/C(C)Cl)NC(=O)Nc1ccc(C(=O)O)c(OC)c1.CC.CC. The summed E-state index contributed by atoms with van der Waals surface area (Å²) in [4.78, 5) is 23.2. The van der Waals surface area contributed by atoms with Crippen LogP contribution in [-0.2, 0) is 0 Å². The summed E-state index contributed by atoms with van der Waals surface area (Å²) in [5.41, 5.74) is 0.785. The Morgan fingerprint density at radius 3 is 2.24 bits per heavy atom. The Hall–Kier alpha value is -2.44. The number of amides is 2. The average Bonchev–Trinajstić information content (AvgIpc) is 2.68. The van der Waals surface area contributed by atoms with E-state index in [1.807, 2.05) is 27.7 Å². The van der Waals surface area contributed by atoms with Gasteiger partial charge < -0.3 is 20.5 Å². The molecule has 1 aromatic carbocycles. The smallest absolute Gasteiger partial charge is 0.339 e. The molecule has 1 aromatic rings. The first-order valence-electron chi connectivity index (χ1n) is 9.10. The van der Waals surface area contributed by atoms with Crippen LogP contribution in [0.1, 0.15) is 45.0 Å². The number of nitrogens with one attached hydrogen (secondary N) is 2. The fourth-order valence-corrected chi connectivity index (χ4v) is 2.00. The number of carboxylic acid groups (broad SMARTS) is 1. The van der Waals surface area contributed by atoms with Gasteiger partial charge in [-0.1, -0.05) is 45.9 Å². The van der Waals surface area contributed by atoms with E-state index in [9.17, 15) is 9.59 Å². The summed E-state index contributed by atoms with van der Waals surface area (Å²) in [7, 11) is 1.35. The number of methoxy groups -OCH3 is 1. The van der Waals surface area contributed by atoms with E-state index in [1.54, 1.807) is 19.1 Å². The third-order valence-electron chi connectivity index (χ3n) is 2.80. The highest BCUT2D eigenvalue weighted by atomic mass is 35.5. The molecule has 0 radical (unpaired) electrons. The molecular formula is C21H30Cl2N2O4. The summed E-state index contributed by atoms with van der Waals surface area (Å²) in [6.45, 7) is 13.3. The third kappa shape index (κ3) is 12.6. The molecule has 162 valence electrons. The monoisotopic (exact) mass is 444 g/mol. The van der Waals surface area contributed by atoms with E-state index < -0.39 is 12.0 Å². The number of urea groups is 1. The molecule has 0 aromatic heterocycles.